The molecule has 0 radical (unpaired) electrons. The quantitative estimate of drug-likeness (QED) is 0.618. The highest BCUT2D eigenvalue weighted by Gasteiger charge is 2.61. The van der Waals surface area contributed by atoms with Crippen LogP contribution in [0.3, 0.4) is 0 Å². The zero-order valence-electron chi connectivity index (χ0n) is 18.1. The van der Waals surface area contributed by atoms with Crippen molar-refractivity contribution in [3.63, 3.8) is 0 Å². The van der Waals surface area contributed by atoms with Gasteiger partial charge in [0.25, 0.3) is 0 Å². The standard InChI is InChI=1S/C26H38O2/c1-17(27)21-8-9-22-20-7-6-19-16-26(28,13-10-18-4-5-18)15-14-24(19,2)23(20)11-12-25(21,22)3/h18-23,28H,4-9,11-12,14-16H2,1-3H3/t19?,20-,21+,22-,23-,24-,25+,26?/m0/s1. The Hall–Kier alpha value is -0.810. The van der Waals surface area contributed by atoms with Crippen LogP contribution in [-0.4, -0.2) is 16.5 Å². The molecule has 5 saturated carbocycles. The van der Waals surface area contributed by atoms with E-state index in [0.29, 0.717) is 29.0 Å². The SMILES string of the molecule is CC(=O)[C@H]1CC[C@H]2[C@@H]3CCC4CC(O)(C#CC5CC5)CC[C@]4(C)[C@H]3CC[C@]12C. The molecule has 0 saturated heterocycles. The minimum absolute atomic E-state index is 0.251. The Kier molecular flexibility index (Phi) is 4.34. The van der Waals surface area contributed by atoms with E-state index in [1.54, 1.807) is 0 Å². The number of ketones is 1. The normalized spacial score (nSPS) is 52.6. The fraction of sp³-hybridized carbons (Fsp3) is 0.885. The minimum Gasteiger partial charge on any atom is -0.378 e. The Morgan fingerprint density at radius 2 is 1.64 bits per heavy atom. The van der Waals surface area contributed by atoms with Gasteiger partial charge in [-0.15, -0.1) is 0 Å². The Bertz CT molecular complexity index is 726. The summed E-state index contributed by atoms with van der Waals surface area (Å²) < 4.78 is 0. The summed E-state index contributed by atoms with van der Waals surface area (Å²) in [6.45, 7) is 6.81. The average Bonchev–Trinajstić information content (AvgIpc) is 3.40. The zero-order valence-corrected chi connectivity index (χ0v) is 18.1. The molecule has 5 rings (SSSR count). The molecule has 2 nitrogen and oxygen atoms in total. The highest BCUT2D eigenvalue weighted by molar-refractivity contribution is 5.79. The van der Waals surface area contributed by atoms with Gasteiger partial charge in [-0.3, -0.25) is 4.79 Å². The summed E-state index contributed by atoms with van der Waals surface area (Å²) in [6.07, 6.45) is 12.8. The lowest BCUT2D eigenvalue weighted by molar-refractivity contribution is -0.144. The van der Waals surface area contributed by atoms with Crippen molar-refractivity contribution in [1.29, 1.82) is 0 Å². The third-order valence-electron chi connectivity index (χ3n) is 10.3. The molecule has 28 heavy (non-hydrogen) atoms. The summed E-state index contributed by atoms with van der Waals surface area (Å²) in [6, 6.07) is 0. The Balaban J connectivity index is 1.36. The van der Waals surface area contributed by atoms with Gasteiger partial charge in [-0.05, 0) is 112 Å². The summed E-state index contributed by atoms with van der Waals surface area (Å²) in [5.74, 6) is 10.9. The molecule has 5 aliphatic rings. The van der Waals surface area contributed by atoms with Crippen LogP contribution in [0.25, 0.3) is 0 Å². The number of Topliss-reactive ketones (excluding diaryl/α,β-unsaturated/α-hetero) is 1. The van der Waals surface area contributed by atoms with Crippen molar-refractivity contribution in [3.8, 4) is 11.8 Å². The Morgan fingerprint density at radius 1 is 0.893 bits per heavy atom. The predicted molar refractivity (Wildman–Crippen MR) is 111 cm³/mol. The first kappa shape index (κ1) is 19.2. The smallest absolute Gasteiger partial charge is 0.133 e. The van der Waals surface area contributed by atoms with E-state index in [0.717, 1.165) is 43.4 Å². The maximum Gasteiger partial charge on any atom is 0.133 e. The first-order valence-corrected chi connectivity index (χ1v) is 12.0. The van der Waals surface area contributed by atoms with Gasteiger partial charge in [0.05, 0.1) is 0 Å². The van der Waals surface area contributed by atoms with Gasteiger partial charge < -0.3 is 5.11 Å². The molecule has 5 fully saturated rings. The molecule has 0 spiro atoms. The largest absolute Gasteiger partial charge is 0.378 e. The lowest BCUT2D eigenvalue weighted by Crippen LogP contribution is -2.56. The monoisotopic (exact) mass is 382 g/mol. The van der Waals surface area contributed by atoms with Crippen molar-refractivity contribution in [1.82, 2.24) is 0 Å². The molecule has 2 unspecified atom stereocenters. The average molecular weight is 383 g/mol. The van der Waals surface area contributed by atoms with Crippen LogP contribution in [0, 0.1) is 58.2 Å². The van der Waals surface area contributed by atoms with Crippen molar-refractivity contribution in [3.05, 3.63) is 0 Å². The minimum atomic E-state index is -0.726. The molecule has 8 atom stereocenters. The van der Waals surface area contributed by atoms with Gasteiger partial charge in [-0.2, -0.15) is 0 Å². The van der Waals surface area contributed by atoms with Gasteiger partial charge in [0, 0.05) is 11.8 Å². The molecule has 0 heterocycles. The number of carbonyl (C=O) groups is 1. The molecule has 0 aliphatic heterocycles. The maximum absolute atomic E-state index is 12.3. The summed E-state index contributed by atoms with van der Waals surface area (Å²) >= 11 is 0. The van der Waals surface area contributed by atoms with E-state index in [2.05, 4.69) is 25.7 Å². The number of fused-ring (bicyclic) bond motifs is 5. The summed E-state index contributed by atoms with van der Waals surface area (Å²) in [7, 11) is 0. The summed E-state index contributed by atoms with van der Waals surface area (Å²) in [5.41, 5.74) is -0.108. The van der Waals surface area contributed by atoms with Gasteiger partial charge >= 0.3 is 0 Å². The third-order valence-corrected chi connectivity index (χ3v) is 10.3. The van der Waals surface area contributed by atoms with Crippen LogP contribution in [0.2, 0.25) is 0 Å². The van der Waals surface area contributed by atoms with Crippen LogP contribution < -0.4 is 0 Å². The van der Waals surface area contributed by atoms with E-state index < -0.39 is 5.60 Å². The number of rotatable bonds is 1. The van der Waals surface area contributed by atoms with Crippen molar-refractivity contribution >= 4 is 5.78 Å². The van der Waals surface area contributed by atoms with Crippen LogP contribution in [-0.2, 0) is 4.79 Å². The number of hydrogen-bond donors (Lipinski definition) is 1. The van der Waals surface area contributed by atoms with Gasteiger partial charge in [0.2, 0.25) is 0 Å². The first-order chi connectivity index (χ1) is 13.3. The fourth-order valence-corrected chi connectivity index (χ4v) is 8.49. The number of aliphatic hydroxyl groups is 1. The second kappa shape index (κ2) is 6.34. The van der Waals surface area contributed by atoms with Gasteiger partial charge in [-0.25, -0.2) is 0 Å². The first-order valence-electron chi connectivity index (χ1n) is 12.0. The molecule has 2 heteroatoms. The molecule has 0 aromatic rings. The van der Waals surface area contributed by atoms with E-state index in [-0.39, 0.29) is 5.41 Å². The van der Waals surface area contributed by atoms with Gasteiger partial charge in [0.1, 0.15) is 11.4 Å². The van der Waals surface area contributed by atoms with Gasteiger partial charge in [-0.1, -0.05) is 25.7 Å². The molecule has 154 valence electrons. The van der Waals surface area contributed by atoms with Crippen molar-refractivity contribution in [2.45, 2.75) is 97.0 Å². The second-order valence-corrected chi connectivity index (χ2v) is 11.7. The predicted octanol–water partition coefficient (Wildman–Crippen LogP) is 5.38. The lowest BCUT2D eigenvalue weighted by atomic mass is 9.44. The van der Waals surface area contributed by atoms with E-state index in [9.17, 15) is 9.90 Å². The Labute approximate surface area is 171 Å². The summed E-state index contributed by atoms with van der Waals surface area (Å²) in [4.78, 5) is 12.3. The van der Waals surface area contributed by atoms with Crippen LogP contribution in [0.5, 0.6) is 0 Å². The van der Waals surface area contributed by atoms with E-state index in [4.69, 9.17) is 0 Å². The van der Waals surface area contributed by atoms with Crippen molar-refractivity contribution < 1.29 is 9.90 Å². The number of hydrogen-bond acceptors (Lipinski definition) is 2. The zero-order chi connectivity index (χ0) is 19.7. The van der Waals surface area contributed by atoms with Crippen LogP contribution in [0.1, 0.15) is 91.4 Å². The molecule has 1 N–H and O–H groups in total. The Morgan fingerprint density at radius 3 is 2.36 bits per heavy atom. The molecule has 0 aromatic heterocycles. The van der Waals surface area contributed by atoms with E-state index in [1.807, 2.05) is 6.92 Å². The molecule has 0 aromatic carbocycles. The van der Waals surface area contributed by atoms with Crippen LogP contribution in [0.4, 0.5) is 0 Å². The highest BCUT2D eigenvalue weighted by atomic mass is 16.3. The van der Waals surface area contributed by atoms with E-state index in [1.165, 1.54) is 44.9 Å². The highest BCUT2D eigenvalue weighted by Crippen LogP contribution is 2.68. The van der Waals surface area contributed by atoms with Gasteiger partial charge in [0.15, 0.2) is 0 Å². The van der Waals surface area contributed by atoms with Crippen molar-refractivity contribution in [2.24, 2.45) is 46.3 Å². The molecular formula is C26H38O2. The second-order valence-electron chi connectivity index (χ2n) is 11.7. The van der Waals surface area contributed by atoms with E-state index >= 15 is 0 Å². The van der Waals surface area contributed by atoms with Crippen LogP contribution >= 0.6 is 0 Å². The molecule has 5 aliphatic carbocycles. The molecule has 0 bridgehead atoms. The summed E-state index contributed by atoms with van der Waals surface area (Å²) in [5, 5.41) is 11.2. The maximum atomic E-state index is 12.3. The topological polar surface area (TPSA) is 37.3 Å². The van der Waals surface area contributed by atoms with Crippen molar-refractivity contribution in [2.75, 3.05) is 0 Å². The third kappa shape index (κ3) is 2.83. The lowest BCUT2D eigenvalue weighted by Gasteiger charge is -2.61. The van der Waals surface area contributed by atoms with Crippen LogP contribution in [0.15, 0.2) is 0 Å². The molecular weight excluding hydrogens is 344 g/mol. The fourth-order valence-electron chi connectivity index (χ4n) is 8.49. The number of carbonyl (C=O) groups excluding carboxylic acids is 1. The molecule has 0 amide bonds.